The topological polar surface area (TPSA) is 21.3 Å². The predicted molar refractivity (Wildman–Crippen MR) is 73.4 cm³/mol. The first-order valence-electron chi connectivity index (χ1n) is 6.20. The zero-order valence-corrected chi connectivity index (χ0v) is 11.9. The van der Waals surface area contributed by atoms with Crippen molar-refractivity contribution in [3.8, 4) is 0 Å². The largest absolute Gasteiger partial charge is 0.380 e. The molecule has 0 heterocycles. The smallest absolute Gasteiger partial charge is 0.0737 e. The van der Waals surface area contributed by atoms with Gasteiger partial charge in [0, 0.05) is 7.11 Å². The highest BCUT2D eigenvalue weighted by Gasteiger charge is 2.18. The van der Waals surface area contributed by atoms with Crippen LogP contribution in [0.1, 0.15) is 44.9 Å². The van der Waals surface area contributed by atoms with Gasteiger partial charge < -0.3 is 10.1 Å². The van der Waals surface area contributed by atoms with Crippen molar-refractivity contribution >= 4 is 0 Å². The fraction of sp³-hybridized carbons (Fsp3) is 0.600. The Labute approximate surface area is 105 Å². The van der Waals surface area contributed by atoms with Gasteiger partial charge >= 0.3 is 0 Å². The van der Waals surface area contributed by atoms with Crippen molar-refractivity contribution in [1.82, 2.24) is 5.32 Å². The van der Waals surface area contributed by atoms with E-state index in [9.17, 15) is 0 Å². The summed E-state index contributed by atoms with van der Waals surface area (Å²) in [7, 11) is 3.72. The number of nitrogens with one attached hydrogen (secondary N) is 1. The molecule has 2 nitrogen and oxygen atoms in total. The Morgan fingerprint density at radius 1 is 1.12 bits per heavy atom. The van der Waals surface area contributed by atoms with Crippen molar-refractivity contribution in [2.45, 2.75) is 45.3 Å². The maximum atomic E-state index is 5.39. The Balaban J connectivity index is 2.93. The van der Waals surface area contributed by atoms with Crippen molar-refractivity contribution in [1.29, 1.82) is 0 Å². The van der Waals surface area contributed by atoms with Gasteiger partial charge in [-0.2, -0.15) is 0 Å². The van der Waals surface area contributed by atoms with Gasteiger partial charge in [-0.1, -0.05) is 45.0 Å². The van der Waals surface area contributed by atoms with Crippen LogP contribution in [0.5, 0.6) is 0 Å². The number of methoxy groups -OCH3 is 1. The highest BCUT2D eigenvalue weighted by atomic mass is 16.5. The molecule has 0 aliphatic carbocycles. The normalized spacial score (nSPS) is 15.6. The van der Waals surface area contributed by atoms with E-state index in [0.29, 0.717) is 0 Å². The molecule has 0 saturated carbocycles. The summed E-state index contributed by atoms with van der Waals surface area (Å²) in [4.78, 5) is 0. The van der Waals surface area contributed by atoms with E-state index in [4.69, 9.17) is 4.74 Å². The Bertz CT molecular complexity index is 337. The molecule has 2 atom stereocenters. The van der Waals surface area contributed by atoms with Gasteiger partial charge in [0.15, 0.2) is 0 Å². The Morgan fingerprint density at radius 2 is 1.65 bits per heavy atom. The Hall–Kier alpha value is -0.860. The molecule has 96 valence electrons. The molecule has 0 aromatic heterocycles. The lowest BCUT2D eigenvalue weighted by Crippen LogP contribution is -2.28. The van der Waals surface area contributed by atoms with Crippen LogP contribution in [0.2, 0.25) is 0 Å². The molecular weight excluding hydrogens is 210 g/mol. The summed E-state index contributed by atoms with van der Waals surface area (Å²) < 4.78 is 5.39. The lowest BCUT2D eigenvalue weighted by atomic mass is 9.86. The van der Waals surface area contributed by atoms with Crippen LogP contribution in [-0.4, -0.2) is 20.3 Å². The van der Waals surface area contributed by atoms with Crippen LogP contribution in [0.4, 0.5) is 0 Å². The van der Waals surface area contributed by atoms with Crippen LogP contribution < -0.4 is 5.32 Å². The third-order valence-electron chi connectivity index (χ3n) is 3.29. The molecule has 1 rings (SSSR count). The fourth-order valence-corrected chi connectivity index (χ4v) is 2.00. The number of likely N-dealkylation sites (N-methyl/N-ethyl adjacent to an activating group) is 1. The molecule has 0 aliphatic rings. The molecular formula is C15H25NO. The maximum Gasteiger partial charge on any atom is 0.0737 e. The number of ether oxygens (including phenoxy) is 1. The molecule has 1 N–H and O–H groups in total. The molecule has 1 aromatic rings. The molecule has 2 heteroatoms. The van der Waals surface area contributed by atoms with Gasteiger partial charge in [0.1, 0.15) is 0 Å². The van der Waals surface area contributed by atoms with Crippen molar-refractivity contribution in [2.24, 2.45) is 0 Å². The minimum atomic E-state index is 0.167. The van der Waals surface area contributed by atoms with Crippen LogP contribution in [-0.2, 0) is 10.2 Å². The van der Waals surface area contributed by atoms with Crippen LogP contribution in [0.3, 0.4) is 0 Å². The van der Waals surface area contributed by atoms with Gasteiger partial charge in [0.2, 0.25) is 0 Å². The number of benzene rings is 1. The molecule has 17 heavy (non-hydrogen) atoms. The van der Waals surface area contributed by atoms with Crippen LogP contribution >= 0.6 is 0 Å². The van der Waals surface area contributed by atoms with E-state index in [-0.39, 0.29) is 17.6 Å². The van der Waals surface area contributed by atoms with E-state index in [1.807, 2.05) is 7.05 Å². The van der Waals surface area contributed by atoms with Gasteiger partial charge in [0.05, 0.1) is 12.1 Å². The van der Waals surface area contributed by atoms with Gasteiger partial charge in [0.25, 0.3) is 0 Å². The van der Waals surface area contributed by atoms with E-state index < -0.39 is 0 Å². The van der Waals surface area contributed by atoms with Gasteiger partial charge in [-0.25, -0.2) is 0 Å². The van der Waals surface area contributed by atoms with Crippen molar-refractivity contribution in [3.63, 3.8) is 0 Å². The third kappa shape index (κ3) is 3.55. The zero-order chi connectivity index (χ0) is 13.1. The van der Waals surface area contributed by atoms with E-state index in [1.165, 1.54) is 11.1 Å². The monoisotopic (exact) mass is 235 g/mol. The van der Waals surface area contributed by atoms with Crippen molar-refractivity contribution in [3.05, 3.63) is 35.4 Å². The number of rotatable bonds is 4. The third-order valence-corrected chi connectivity index (χ3v) is 3.29. The van der Waals surface area contributed by atoms with E-state index >= 15 is 0 Å². The summed E-state index contributed by atoms with van der Waals surface area (Å²) in [6.45, 7) is 8.78. The van der Waals surface area contributed by atoms with E-state index in [2.05, 4.69) is 57.3 Å². The minimum absolute atomic E-state index is 0.167. The quantitative estimate of drug-likeness (QED) is 0.864. The highest BCUT2D eigenvalue weighted by Crippen LogP contribution is 2.25. The summed E-state index contributed by atoms with van der Waals surface area (Å²) in [5.41, 5.74) is 2.84. The molecule has 2 unspecified atom stereocenters. The van der Waals surface area contributed by atoms with E-state index in [0.717, 1.165) is 0 Å². The highest BCUT2D eigenvalue weighted by molar-refractivity contribution is 5.29. The first kappa shape index (κ1) is 14.2. The average Bonchev–Trinajstić information content (AvgIpc) is 2.29. The van der Waals surface area contributed by atoms with Gasteiger partial charge in [-0.05, 0) is 30.5 Å². The summed E-state index contributed by atoms with van der Waals surface area (Å²) in [5, 5.41) is 3.30. The second-order valence-corrected chi connectivity index (χ2v) is 5.58. The average molecular weight is 235 g/mol. The first-order valence-corrected chi connectivity index (χ1v) is 6.20. The minimum Gasteiger partial charge on any atom is -0.380 e. The molecule has 0 fully saturated rings. The number of hydrogen-bond acceptors (Lipinski definition) is 2. The zero-order valence-electron chi connectivity index (χ0n) is 11.9. The summed E-state index contributed by atoms with van der Waals surface area (Å²) in [6.07, 6.45) is 0.167. The molecule has 0 spiro atoms. The molecule has 0 radical (unpaired) electrons. The van der Waals surface area contributed by atoms with Crippen LogP contribution in [0.15, 0.2) is 24.3 Å². The molecule has 1 aromatic carbocycles. The maximum absolute atomic E-state index is 5.39. The molecule has 0 aliphatic heterocycles. The van der Waals surface area contributed by atoms with Gasteiger partial charge in [-0.15, -0.1) is 0 Å². The van der Waals surface area contributed by atoms with Crippen LogP contribution in [0.25, 0.3) is 0 Å². The lowest BCUT2D eigenvalue weighted by molar-refractivity contribution is 0.0857. The van der Waals surface area contributed by atoms with Crippen molar-refractivity contribution in [2.75, 3.05) is 14.2 Å². The summed E-state index contributed by atoms with van der Waals surface area (Å²) in [5.74, 6) is 0. The molecule has 0 amide bonds. The van der Waals surface area contributed by atoms with Crippen molar-refractivity contribution < 1.29 is 4.74 Å². The summed E-state index contributed by atoms with van der Waals surface area (Å²) in [6, 6.07) is 9.05. The number of hydrogen-bond donors (Lipinski definition) is 1. The lowest BCUT2D eigenvalue weighted by Gasteiger charge is -2.24. The Kier molecular flexibility index (Phi) is 4.72. The van der Waals surface area contributed by atoms with Crippen LogP contribution in [0, 0.1) is 0 Å². The summed E-state index contributed by atoms with van der Waals surface area (Å²) >= 11 is 0. The van der Waals surface area contributed by atoms with E-state index in [1.54, 1.807) is 7.11 Å². The fourth-order valence-electron chi connectivity index (χ4n) is 2.00. The SMILES string of the molecule is CNC(c1ccc(C(C)(C)C)cc1)C(C)OC. The molecule has 0 saturated heterocycles. The Morgan fingerprint density at radius 3 is 2.00 bits per heavy atom. The second kappa shape index (κ2) is 5.65. The second-order valence-electron chi connectivity index (χ2n) is 5.58. The predicted octanol–water partition coefficient (Wildman–Crippen LogP) is 3.28. The molecule has 0 bridgehead atoms. The van der Waals surface area contributed by atoms with Gasteiger partial charge in [-0.3, -0.25) is 0 Å². The first-order chi connectivity index (χ1) is 7.90. The standard InChI is InChI=1S/C15H25NO/c1-11(17-6)14(16-5)12-7-9-13(10-8-12)15(2,3)4/h7-11,14,16H,1-6H3.